The quantitative estimate of drug-likeness (QED) is 0.335. The van der Waals surface area contributed by atoms with Gasteiger partial charge in [0.15, 0.2) is 0 Å². The predicted molar refractivity (Wildman–Crippen MR) is 124 cm³/mol. The van der Waals surface area contributed by atoms with Crippen molar-refractivity contribution in [2.24, 2.45) is 0 Å². The Morgan fingerprint density at radius 1 is 1.06 bits per heavy atom. The molecule has 1 aromatic heterocycles. The molecule has 0 saturated carbocycles. The largest absolute Gasteiger partial charge is 0.466 e. The summed E-state index contributed by atoms with van der Waals surface area (Å²) in [5.74, 6) is -0.516. The number of anilines is 2. The van der Waals surface area contributed by atoms with Gasteiger partial charge in [-0.25, -0.2) is 4.98 Å². The van der Waals surface area contributed by atoms with Crippen molar-refractivity contribution in [3.63, 3.8) is 0 Å². The number of esters is 1. The zero-order chi connectivity index (χ0) is 22.5. The first-order chi connectivity index (χ1) is 15.5. The van der Waals surface area contributed by atoms with Crippen LogP contribution in [0.4, 0.5) is 11.4 Å². The Morgan fingerprint density at radius 3 is 2.53 bits per heavy atom. The molecule has 3 N–H and O–H groups in total. The monoisotopic (exact) mass is 428 g/mol. The molecule has 0 radical (unpaired) electrons. The van der Waals surface area contributed by atoms with E-state index in [1.165, 1.54) is 0 Å². The van der Waals surface area contributed by atoms with Gasteiger partial charge in [0.05, 0.1) is 36.4 Å². The predicted octanol–water partition coefficient (Wildman–Crippen LogP) is 4.41. The highest BCUT2D eigenvalue weighted by Gasteiger charge is 2.21. The molecule has 0 aliphatic heterocycles. The number of aromatic nitrogens is 2. The Hall–Kier alpha value is -4.13. The lowest BCUT2D eigenvalue weighted by molar-refractivity contribution is -0.143. The average Bonchev–Trinajstić information content (AvgIpc) is 3.21. The molecule has 4 rings (SSSR count). The number of nitrogens with one attached hydrogen (secondary N) is 1. The summed E-state index contributed by atoms with van der Waals surface area (Å²) in [5.41, 5.74) is 9.98. The van der Waals surface area contributed by atoms with E-state index in [-0.39, 0.29) is 24.3 Å². The number of nitrogen functional groups attached to an aromatic ring is 1. The molecule has 32 heavy (non-hydrogen) atoms. The molecular weight excluding hydrogens is 404 g/mol. The Morgan fingerprint density at radius 2 is 1.81 bits per heavy atom. The van der Waals surface area contributed by atoms with E-state index in [0.717, 1.165) is 16.6 Å². The lowest BCUT2D eigenvalue weighted by Crippen LogP contribution is -2.17. The number of carbonyl (C=O) groups excluding carboxylic acids is 2. The van der Waals surface area contributed by atoms with E-state index in [1.54, 1.807) is 43.6 Å². The summed E-state index contributed by atoms with van der Waals surface area (Å²) in [4.78, 5) is 29.4. The van der Waals surface area contributed by atoms with Gasteiger partial charge in [0.2, 0.25) is 0 Å². The van der Waals surface area contributed by atoms with Gasteiger partial charge in [0, 0.05) is 16.9 Å². The van der Waals surface area contributed by atoms with Crippen molar-refractivity contribution >= 4 is 34.3 Å². The molecule has 1 heterocycles. The summed E-state index contributed by atoms with van der Waals surface area (Å²) in [6, 6.07) is 21.7. The maximum Gasteiger partial charge on any atom is 0.308 e. The Balaban J connectivity index is 1.67. The van der Waals surface area contributed by atoms with Gasteiger partial charge in [-0.2, -0.15) is 0 Å². The summed E-state index contributed by atoms with van der Waals surface area (Å²) < 4.78 is 7.14. The van der Waals surface area contributed by atoms with Crippen LogP contribution in [0.25, 0.3) is 11.0 Å². The first kappa shape index (κ1) is 21.1. The van der Waals surface area contributed by atoms with Crippen molar-refractivity contribution in [1.82, 2.24) is 9.55 Å². The fourth-order valence-electron chi connectivity index (χ4n) is 3.62. The van der Waals surface area contributed by atoms with Crippen LogP contribution in [0, 0.1) is 0 Å². The summed E-state index contributed by atoms with van der Waals surface area (Å²) in [6.45, 7) is 2.12. The van der Waals surface area contributed by atoms with Gasteiger partial charge in [0.25, 0.3) is 5.91 Å². The van der Waals surface area contributed by atoms with Crippen molar-refractivity contribution in [3.8, 4) is 0 Å². The fraction of sp³-hybridized carbons (Fsp3) is 0.160. The summed E-state index contributed by atoms with van der Waals surface area (Å²) in [7, 11) is 0. The highest BCUT2D eigenvalue weighted by molar-refractivity contribution is 6.05. The zero-order valence-corrected chi connectivity index (χ0v) is 17.7. The molecule has 7 nitrogen and oxygen atoms in total. The Kier molecular flexibility index (Phi) is 6.17. The maximum absolute atomic E-state index is 12.6. The smallest absolute Gasteiger partial charge is 0.308 e. The van der Waals surface area contributed by atoms with Crippen LogP contribution in [0.15, 0.2) is 79.1 Å². The Labute approximate surface area is 185 Å². The molecular formula is C25H24N4O3. The van der Waals surface area contributed by atoms with Gasteiger partial charge in [-0.05, 0) is 55.0 Å². The standard InChI is InChI=1S/C25H24N4O3/c1-2-32-24(30)15-22(17-6-4-3-5-7-17)29-16-27-21-13-12-20(14-23(21)29)28-25(31)18-8-10-19(26)11-9-18/h3-14,16,22H,2,15,26H2,1H3,(H,28,31). The van der Waals surface area contributed by atoms with Crippen LogP contribution in [-0.4, -0.2) is 28.0 Å². The summed E-state index contributed by atoms with van der Waals surface area (Å²) in [6.07, 6.45) is 1.89. The molecule has 0 aliphatic rings. The second kappa shape index (κ2) is 9.34. The highest BCUT2D eigenvalue weighted by Crippen LogP contribution is 2.28. The minimum atomic E-state index is -0.289. The molecule has 0 spiro atoms. The van der Waals surface area contributed by atoms with Crippen molar-refractivity contribution in [1.29, 1.82) is 0 Å². The second-order valence-corrected chi connectivity index (χ2v) is 7.37. The van der Waals surface area contributed by atoms with E-state index in [0.29, 0.717) is 23.5 Å². The fourth-order valence-corrected chi connectivity index (χ4v) is 3.62. The van der Waals surface area contributed by atoms with E-state index in [2.05, 4.69) is 10.3 Å². The number of rotatable bonds is 7. The number of fused-ring (bicyclic) bond motifs is 1. The topological polar surface area (TPSA) is 99.2 Å². The third kappa shape index (κ3) is 4.62. The minimum absolute atomic E-state index is 0.172. The molecule has 162 valence electrons. The van der Waals surface area contributed by atoms with Gasteiger partial charge in [0.1, 0.15) is 0 Å². The molecule has 0 fully saturated rings. The van der Waals surface area contributed by atoms with E-state index in [4.69, 9.17) is 10.5 Å². The van der Waals surface area contributed by atoms with Crippen LogP contribution in [0.2, 0.25) is 0 Å². The van der Waals surface area contributed by atoms with Gasteiger partial charge >= 0.3 is 5.97 Å². The average molecular weight is 428 g/mol. The molecule has 0 bridgehead atoms. The van der Waals surface area contributed by atoms with Crippen LogP contribution in [0.5, 0.6) is 0 Å². The van der Waals surface area contributed by atoms with E-state index >= 15 is 0 Å². The zero-order valence-electron chi connectivity index (χ0n) is 17.7. The highest BCUT2D eigenvalue weighted by atomic mass is 16.5. The number of ether oxygens (including phenoxy) is 1. The van der Waals surface area contributed by atoms with Crippen molar-refractivity contribution in [3.05, 3.63) is 90.3 Å². The van der Waals surface area contributed by atoms with Crippen LogP contribution >= 0.6 is 0 Å². The van der Waals surface area contributed by atoms with Crippen molar-refractivity contribution in [2.45, 2.75) is 19.4 Å². The number of nitrogens with two attached hydrogens (primary N) is 1. The molecule has 4 aromatic rings. The minimum Gasteiger partial charge on any atom is -0.466 e. The number of carbonyl (C=O) groups is 2. The van der Waals surface area contributed by atoms with Crippen LogP contribution in [0.3, 0.4) is 0 Å². The maximum atomic E-state index is 12.6. The van der Waals surface area contributed by atoms with E-state index in [1.807, 2.05) is 47.0 Å². The third-order valence-electron chi connectivity index (χ3n) is 5.19. The van der Waals surface area contributed by atoms with Crippen LogP contribution in [-0.2, 0) is 9.53 Å². The molecule has 0 aliphatic carbocycles. The number of imidazole rings is 1. The normalized spacial score (nSPS) is 11.8. The van der Waals surface area contributed by atoms with Crippen molar-refractivity contribution in [2.75, 3.05) is 17.7 Å². The molecule has 3 aromatic carbocycles. The number of nitrogens with zero attached hydrogens (tertiary/aromatic N) is 2. The third-order valence-corrected chi connectivity index (χ3v) is 5.19. The molecule has 0 saturated heterocycles. The van der Waals surface area contributed by atoms with Crippen LogP contribution < -0.4 is 11.1 Å². The van der Waals surface area contributed by atoms with Gasteiger partial charge in [-0.15, -0.1) is 0 Å². The lowest BCUT2D eigenvalue weighted by Gasteiger charge is -2.19. The number of hydrogen-bond donors (Lipinski definition) is 2. The Bertz CT molecular complexity index is 1230. The summed E-state index contributed by atoms with van der Waals surface area (Å²) >= 11 is 0. The van der Waals surface area contributed by atoms with Gasteiger partial charge < -0.3 is 20.4 Å². The second-order valence-electron chi connectivity index (χ2n) is 7.37. The molecule has 1 atom stereocenters. The molecule has 1 amide bonds. The van der Waals surface area contributed by atoms with Gasteiger partial charge in [-0.3, -0.25) is 9.59 Å². The number of hydrogen-bond acceptors (Lipinski definition) is 5. The number of benzene rings is 3. The van der Waals surface area contributed by atoms with Crippen LogP contribution in [0.1, 0.15) is 35.3 Å². The van der Waals surface area contributed by atoms with Gasteiger partial charge in [-0.1, -0.05) is 30.3 Å². The van der Waals surface area contributed by atoms with Crippen molar-refractivity contribution < 1.29 is 14.3 Å². The number of amides is 1. The molecule has 7 heteroatoms. The van der Waals surface area contributed by atoms with E-state index < -0.39 is 0 Å². The lowest BCUT2D eigenvalue weighted by atomic mass is 10.0. The molecule has 1 unspecified atom stereocenters. The van der Waals surface area contributed by atoms with E-state index in [9.17, 15) is 9.59 Å². The first-order valence-electron chi connectivity index (χ1n) is 10.4. The first-order valence-corrected chi connectivity index (χ1v) is 10.4. The summed E-state index contributed by atoms with van der Waals surface area (Å²) in [5, 5.41) is 2.91. The SMILES string of the molecule is CCOC(=O)CC(c1ccccc1)n1cnc2ccc(NC(=O)c3ccc(N)cc3)cc21.